The molecule has 3 amide bonds. The number of rotatable bonds is 13. The number of ether oxygens (including phenoxy) is 3. The minimum absolute atomic E-state index is 0.209. The third kappa shape index (κ3) is 6.25. The van der Waals surface area contributed by atoms with Gasteiger partial charge in [0.25, 0.3) is 5.91 Å². The number of hydrogen-bond donors (Lipinski definition) is 3. The molecule has 0 radical (unpaired) electrons. The van der Waals surface area contributed by atoms with Gasteiger partial charge in [-0.25, -0.2) is 4.79 Å². The zero-order valence-corrected chi connectivity index (χ0v) is 17.6. The van der Waals surface area contributed by atoms with Crippen LogP contribution in [-0.4, -0.2) is 85.9 Å². The fraction of sp³-hybridized carbons (Fsp3) is 0.524. The van der Waals surface area contributed by atoms with E-state index in [1.165, 1.54) is 4.90 Å². The Morgan fingerprint density at radius 3 is 2.53 bits per heavy atom. The summed E-state index contributed by atoms with van der Waals surface area (Å²) in [7, 11) is 0. The van der Waals surface area contributed by atoms with Crippen molar-refractivity contribution >= 4 is 29.4 Å². The highest BCUT2D eigenvalue weighted by Crippen LogP contribution is 2.32. The lowest BCUT2D eigenvalue weighted by atomic mass is 10.0. The molecule has 2 aliphatic rings. The largest absolute Gasteiger partial charge is 0.480 e. The number of carboxylic acid groups (broad SMARTS) is 1. The maximum absolute atomic E-state index is 12.8. The molecule has 1 aromatic rings. The van der Waals surface area contributed by atoms with Crippen molar-refractivity contribution in [1.82, 2.24) is 10.2 Å². The third-order valence-electron chi connectivity index (χ3n) is 5.11. The Hall–Kier alpha value is -3.02. The number of benzene rings is 1. The molecule has 11 heteroatoms. The van der Waals surface area contributed by atoms with Crippen LogP contribution in [0.5, 0.6) is 0 Å². The third-order valence-corrected chi connectivity index (χ3v) is 5.11. The van der Waals surface area contributed by atoms with Crippen LogP contribution in [0.25, 0.3) is 0 Å². The van der Waals surface area contributed by atoms with Crippen LogP contribution in [0.2, 0.25) is 0 Å². The maximum atomic E-state index is 12.8. The number of carbonyl (C=O) groups excluding carboxylic acids is 3. The van der Waals surface area contributed by atoms with Crippen LogP contribution in [0, 0.1) is 0 Å². The molecule has 1 aromatic carbocycles. The van der Waals surface area contributed by atoms with Gasteiger partial charge in [0, 0.05) is 36.3 Å². The van der Waals surface area contributed by atoms with Crippen LogP contribution >= 0.6 is 0 Å². The zero-order valence-electron chi connectivity index (χ0n) is 17.6. The molecule has 1 unspecified atom stereocenters. The number of anilines is 1. The van der Waals surface area contributed by atoms with Gasteiger partial charge < -0.3 is 29.5 Å². The smallest absolute Gasteiger partial charge is 0.329 e. The number of fused-ring (bicyclic) bond motifs is 1. The summed E-state index contributed by atoms with van der Waals surface area (Å²) in [5.74, 6) is -1.97. The van der Waals surface area contributed by atoms with E-state index in [1.807, 2.05) is 6.07 Å². The highest BCUT2D eigenvalue weighted by molar-refractivity contribution is 6.06. The molecule has 1 saturated heterocycles. The number of imide groups is 1. The highest BCUT2D eigenvalue weighted by Gasteiger charge is 2.39. The molecule has 0 aliphatic carbocycles. The topological polar surface area (TPSA) is 144 Å². The molecule has 11 nitrogen and oxygen atoms in total. The van der Waals surface area contributed by atoms with Gasteiger partial charge >= 0.3 is 5.97 Å². The van der Waals surface area contributed by atoms with Crippen molar-refractivity contribution in [3.8, 4) is 0 Å². The van der Waals surface area contributed by atoms with Gasteiger partial charge in [-0.1, -0.05) is 6.07 Å². The first kappa shape index (κ1) is 23.6. The second-order valence-corrected chi connectivity index (χ2v) is 7.33. The van der Waals surface area contributed by atoms with E-state index >= 15 is 0 Å². The van der Waals surface area contributed by atoms with Gasteiger partial charge in [0.1, 0.15) is 12.6 Å². The lowest BCUT2D eigenvalue weighted by Crippen LogP contribution is -2.52. The van der Waals surface area contributed by atoms with Gasteiger partial charge in [0.15, 0.2) is 0 Å². The van der Waals surface area contributed by atoms with Crippen LogP contribution in [-0.2, 0) is 35.1 Å². The minimum Gasteiger partial charge on any atom is -0.480 e. The van der Waals surface area contributed by atoms with Gasteiger partial charge in [-0.05, 0) is 18.6 Å². The van der Waals surface area contributed by atoms with Crippen LogP contribution in [0.3, 0.4) is 0 Å². The van der Waals surface area contributed by atoms with Gasteiger partial charge in [0.05, 0.1) is 33.0 Å². The summed E-state index contributed by atoms with van der Waals surface area (Å²) in [5.41, 5.74) is 2.19. The van der Waals surface area contributed by atoms with Crippen molar-refractivity contribution in [3.63, 3.8) is 0 Å². The normalized spacial score (nSPS) is 17.9. The molecular formula is C21H27N3O8. The monoisotopic (exact) mass is 449 g/mol. The molecular weight excluding hydrogens is 422 g/mol. The SMILES string of the molecule is O=C(O)COCCOCCOCCNc1cccc2c1CN(C1CCC(=O)NC1=O)C2=O. The Labute approximate surface area is 185 Å². The number of hydrogen-bond acceptors (Lipinski definition) is 8. The fourth-order valence-corrected chi connectivity index (χ4v) is 3.61. The number of carbonyl (C=O) groups is 4. The van der Waals surface area contributed by atoms with E-state index in [2.05, 4.69) is 10.6 Å². The van der Waals surface area contributed by atoms with Crippen LogP contribution in [0.1, 0.15) is 28.8 Å². The molecule has 1 fully saturated rings. The molecule has 2 aliphatic heterocycles. The molecule has 3 N–H and O–H groups in total. The zero-order chi connectivity index (χ0) is 22.9. The summed E-state index contributed by atoms with van der Waals surface area (Å²) in [4.78, 5) is 48.2. The van der Waals surface area contributed by atoms with Gasteiger partial charge in [0.2, 0.25) is 11.8 Å². The Morgan fingerprint density at radius 1 is 1.09 bits per heavy atom. The number of nitrogens with zero attached hydrogens (tertiary/aromatic N) is 1. The predicted octanol–water partition coefficient (Wildman–Crippen LogP) is -0.00610. The number of nitrogens with one attached hydrogen (secondary N) is 2. The maximum Gasteiger partial charge on any atom is 0.329 e. The first-order chi connectivity index (χ1) is 15.5. The number of aliphatic carboxylic acids is 1. The van der Waals surface area contributed by atoms with Gasteiger partial charge in [-0.3, -0.25) is 19.7 Å². The molecule has 0 spiro atoms. The van der Waals surface area contributed by atoms with Gasteiger partial charge in [-0.2, -0.15) is 0 Å². The number of carboxylic acids is 1. The average molecular weight is 449 g/mol. The quantitative estimate of drug-likeness (QED) is 0.280. The van der Waals surface area contributed by atoms with E-state index in [9.17, 15) is 19.2 Å². The van der Waals surface area contributed by atoms with E-state index < -0.39 is 17.9 Å². The molecule has 2 heterocycles. The van der Waals surface area contributed by atoms with E-state index in [-0.39, 0.29) is 31.4 Å². The Kier molecular flexibility index (Phi) is 8.54. The summed E-state index contributed by atoms with van der Waals surface area (Å²) in [6.07, 6.45) is 0.548. The highest BCUT2D eigenvalue weighted by atomic mass is 16.5. The van der Waals surface area contributed by atoms with Crippen LogP contribution in [0.4, 0.5) is 5.69 Å². The molecule has 1 atom stereocenters. The Morgan fingerprint density at radius 2 is 1.81 bits per heavy atom. The number of amides is 3. The van der Waals surface area contributed by atoms with E-state index in [0.29, 0.717) is 51.5 Å². The minimum atomic E-state index is -1.02. The van der Waals surface area contributed by atoms with E-state index in [4.69, 9.17) is 19.3 Å². The summed E-state index contributed by atoms with van der Waals surface area (Å²) in [5, 5.41) is 14.0. The molecule has 0 aromatic heterocycles. The van der Waals surface area contributed by atoms with Crippen molar-refractivity contribution < 1.29 is 38.5 Å². The van der Waals surface area contributed by atoms with E-state index in [0.717, 1.165) is 11.3 Å². The van der Waals surface area contributed by atoms with E-state index in [1.54, 1.807) is 12.1 Å². The molecule has 0 bridgehead atoms. The van der Waals surface area contributed by atoms with Gasteiger partial charge in [-0.15, -0.1) is 0 Å². The molecule has 0 saturated carbocycles. The lowest BCUT2D eigenvalue weighted by Gasteiger charge is -2.29. The average Bonchev–Trinajstić information content (AvgIpc) is 3.09. The van der Waals surface area contributed by atoms with Crippen molar-refractivity contribution in [1.29, 1.82) is 0 Å². The fourth-order valence-electron chi connectivity index (χ4n) is 3.61. The van der Waals surface area contributed by atoms with Crippen molar-refractivity contribution in [2.24, 2.45) is 0 Å². The Bertz CT molecular complexity index is 859. The summed E-state index contributed by atoms with van der Waals surface area (Å²) >= 11 is 0. The van der Waals surface area contributed by atoms with Crippen LogP contribution < -0.4 is 10.6 Å². The Balaban J connectivity index is 1.38. The molecule has 174 valence electrons. The first-order valence-electron chi connectivity index (χ1n) is 10.4. The lowest BCUT2D eigenvalue weighted by molar-refractivity contribution is -0.143. The van der Waals surface area contributed by atoms with Crippen molar-refractivity contribution in [2.75, 3.05) is 51.5 Å². The standard InChI is InChI=1S/C21H27N3O8/c25-18-5-4-17(20(28)23-18)24-12-15-14(21(24)29)2-1-3-16(15)22-6-7-30-8-9-31-10-11-32-13-19(26)27/h1-3,17,22H,4-13H2,(H,26,27)(H,23,25,28). The van der Waals surface area contributed by atoms with Crippen LogP contribution in [0.15, 0.2) is 18.2 Å². The summed E-state index contributed by atoms with van der Waals surface area (Å²) < 4.78 is 15.6. The first-order valence-corrected chi connectivity index (χ1v) is 10.4. The second kappa shape index (κ2) is 11.6. The predicted molar refractivity (Wildman–Crippen MR) is 111 cm³/mol. The van der Waals surface area contributed by atoms with Crippen molar-refractivity contribution in [3.05, 3.63) is 29.3 Å². The molecule has 32 heavy (non-hydrogen) atoms. The summed E-state index contributed by atoms with van der Waals surface area (Å²) in [6, 6.07) is 4.76. The second-order valence-electron chi connectivity index (χ2n) is 7.33. The number of piperidine rings is 1. The van der Waals surface area contributed by atoms with Crippen molar-refractivity contribution in [2.45, 2.75) is 25.4 Å². The molecule has 3 rings (SSSR count). The summed E-state index contributed by atoms with van der Waals surface area (Å²) in [6.45, 7) is 2.16.